The van der Waals surface area contributed by atoms with Crippen LogP contribution in [-0.4, -0.2) is 10.9 Å². The van der Waals surface area contributed by atoms with E-state index in [2.05, 4.69) is 73.5 Å². The molecular weight excluding hydrogens is 328 g/mol. The zero-order valence-corrected chi connectivity index (χ0v) is 15.6. The van der Waals surface area contributed by atoms with Gasteiger partial charge in [0.15, 0.2) is 5.13 Å². The number of hydrogen-bond donors (Lipinski definition) is 1. The van der Waals surface area contributed by atoms with E-state index in [1.54, 1.807) is 0 Å². The minimum absolute atomic E-state index is 0.00145. The molecule has 0 spiro atoms. The van der Waals surface area contributed by atoms with Gasteiger partial charge in [0.05, 0.1) is 5.69 Å². The van der Waals surface area contributed by atoms with Crippen LogP contribution in [0.25, 0.3) is 11.3 Å². The van der Waals surface area contributed by atoms with E-state index < -0.39 is 0 Å². The average Bonchev–Trinajstić information content (AvgIpc) is 3.05. The third-order valence-electron chi connectivity index (χ3n) is 4.31. The lowest BCUT2D eigenvalue weighted by Crippen LogP contribution is -2.12. The predicted molar refractivity (Wildman–Crippen MR) is 105 cm³/mol. The van der Waals surface area contributed by atoms with Crippen molar-refractivity contribution in [3.8, 4) is 11.3 Å². The number of carbonyl (C=O) groups excluding carboxylic acids is 1. The van der Waals surface area contributed by atoms with Gasteiger partial charge in [-0.1, -0.05) is 42.0 Å². The second kappa shape index (κ2) is 7.62. The fourth-order valence-corrected chi connectivity index (χ4v) is 3.29. The molecule has 0 saturated carbocycles. The highest BCUT2D eigenvalue weighted by atomic mass is 32.1. The molecule has 0 atom stereocenters. The third kappa shape index (κ3) is 4.54. The Kier molecular flexibility index (Phi) is 5.29. The van der Waals surface area contributed by atoms with Gasteiger partial charge in [-0.05, 0) is 49.9 Å². The summed E-state index contributed by atoms with van der Waals surface area (Å²) >= 11 is 1.46. The van der Waals surface area contributed by atoms with Crippen molar-refractivity contribution < 1.29 is 4.79 Å². The van der Waals surface area contributed by atoms with Crippen LogP contribution in [0.1, 0.15) is 28.7 Å². The van der Waals surface area contributed by atoms with E-state index >= 15 is 0 Å². The maximum absolute atomic E-state index is 12.2. The van der Waals surface area contributed by atoms with Gasteiger partial charge in [-0.25, -0.2) is 4.98 Å². The Morgan fingerprint density at radius 2 is 1.80 bits per heavy atom. The number of hydrogen-bond acceptors (Lipinski definition) is 3. The standard InChI is InChI=1S/C21H22N2OS/c1-14-4-7-17(8-5-14)9-11-20(24)23-21-22-19(13-25-21)18-10-6-15(2)16(3)12-18/h4-8,10,12-13H,9,11H2,1-3H3,(H,22,23,24). The van der Waals surface area contributed by atoms with E-state index in [-0.39, 0.29) is 5.91 Å². The van der Waals surface area contributed by atoms with E-state index in [9.17, 15) is 4.79 Å². The number of rotatable bonds is 5. The molecule has 25 heavy (non-hydrogen) atoms. The minimum atomic E-state index is 0.00145. The minimum Gasteiger partial charge on any atom is -0.302 e. The van der Waals surface area contributed by atoms with Crippen LogP contribution in [-0.2, 0) is 11.2 Å². The summed E-state index contributed by atoms with van der Waals surface area (Å²) < 4.78 is 0. The van der Waals surface area contributed by atoms with Crippen LogP contribution in [0.4, 0.5) is 5.13 Å². The van der Waals surface area contributed by atoms with E-state index in [0.717, 1.165) is 17.7 Å². The highest BCUT2D eigenvalue weighted by Gasteiger charge is 2.09. The largest absolute Gasteiger partial charge is 0.302 e. The van der Waals surface area contributed by atoms with Gasteiger partial charge >= 0.3 is 0 Å². The molecule has 2 aromatic carbocycles. The zero-order chi connectivity index (χ0) is 17.8. The molecule has 0 aliphatic rings. The number of amides is 1. The maximum Gasteiger partial charge on any atom is 0.226 e. The lowest BCUT2D eigenvalue weighted by molar-refractivity contribution is -0.116. The van der Waals surface area contributed by atoms with E-state index in [1.807, 2.05) is 5.38 Å². The number of anilines is 1. The summed E-state index contributed by atoms with van der Waals surface area (Å²) in [5.74, 6) is 0.00145. The van der Waals surface area contributed by atoms with Crippen LogP contribution in [0.15, 0.2) is 47.8 Å². The summed E-state index contributed by atoms with van der Waals surface area (Å²) in [6.07, 6.45) is 1.20. The zero-order valence-electron chi connectivity index (χ0n) is 14.8. The van der Waals surface area contributed by atoms with E-state index in [4.69, 9.17) is 0 Å². The molecule has 1 aromatic heterocycles. The van der Waals surface area contributed by atoms with Gasteiger partial charge in [0, 0.05) is 17.4 Å². The van der Waals surface area contributed by atoms with Crippen LogP contribution in [0.5, 0.6) is 0 Å². The van der Waals surface area contributed by atoms with Crippen molar-refractivity contribution in [3.63, 3.8) is 0 Å². The summed E-state index contributed by atoms with van der Waals surface area (Å²) in [5, 5.41) is 5.55. The Hall–Kier alpha value is -2.46. The molecule has 1 amide bonds. The van der Waals surface area contributed by atoms with Gasteiger partial charge < -0.3 is 5.32 Å². The Morgan fingerprint density at radius 3 is 2.52 bits per heavy atom. The van der Waals surface area contributed by atoms with Crippen LogP contribution in [0.3, 0.4) is 0 Å². The van der Waals surface area contributed by atoms with E-state index in [0.29, 0.717) is 11.6 Å². The Labute approximate surface area is 152 Å². The highest BCUT2D eigenvalue weighted by Crippen LogP contribution is 2.26. The number of thiazole rings is 1. The molecule has 0 radical (unpaired) electrons. The Bertz CT molecular complexity index is 881. The van der Waals surface area contributed by atoms with Crippen molar-refractivity contribution in [1.29, 1.82) is 0 Å². The van der Waals surface area contributed by atoms with Crippen molar-refractivity contribution in [1.82, 2.24) is 4.98 Å². The molecule has 0 aliphatic carbocycles. The molecule has 128 valence electrons. The monoisotopic (exact) mass is 350 g/mol. The van der Waals surface area contributed by atoms with Crippen molar-refractivity contribution >= 4 is 22.4 Å². The fraction of sp³-hybridized carbons (Fsp3) is 0.238. The van der Waals surface area contributed by atoms with Gasteiger partial charge in [0.1, 0.15) is 0 Å². The molecule has 0 aliphatic heterocycles. The summed E-state index contributed by atoms with van der Waals surface area (Å²) in [4.78, 5) is 16.7. The number of nitrogens with one attached hydrogen (secondary N) is 1. The number of carbonyl (C=O) groups is 1. The first-order valence-electron chi connectivity index (χ1n) is 8.40. The smallest absolute Gasteiger partial charge is 0.226 e. The number of aryl methyl sites for hydroxylation is 4. The molecule has 0 saturated heterocycles. The third-order valence-corrected chi connectivity index (χ3v) is 5.07. The van der Waals surface area contributed by atoms with Gasteiger partial charge in [-0.3, -0.25) is 4.79 Å². The van der Waals surface area contributed by atoms with Crippen LogP contribution in [0, 0.1) is 20.8 Å². The molecular formula is C21H22N2OS. The Morgan fingerprint density at radius 1 is 1.04 bits per heavy atom. The molecule has 1 N–H and O–H groups in total. The molecule has 3 nitrogen and oxygen atoms in total. The van der Waals surface area contributed by atoms with Crippen LogP contribution >= 0.6 is 11.3 Å². The van der Waals surface area contributed by atoms with Crippen molar-refractivity contribution in [3.05, 3.63) is 70.1 Å². The maximum atomic E-state index is 12.2. The molecule has 0 bridgehead atoms. The lowest BCUT2D eigenvalue weighted by Gasteiger charge is -2.04. The first kappa shape index (κ1) is 17.4. The molecule has 3 rings (SSSR count). The summed E-state index contributed by atoms with van der Waals surface area (Å²) in [7, 11) is 0. The normalized spacial score (nSPS) is 10.7. The lowest BCUT2D eigenvalue weighted by atomic mass is 10.1. The van der Waals surface area contributed by atoms with Gasteiger partial charge in [-0.2, -0.15) is 0 Å². The number of benzene rings is 2. The number of nitrogens with zero attached hydrogens (tertiary/aromatic N) is 1. The summed E-state index contributed by atoms with van der Waals surface area (Å²) in [5.41, 5.74) is 6.91. The summed E-state index contributed by atoms with van der Waals surface area (Å²) in [6.45, 7) is 6.25. The van der Waals surface area contributed by atoms with Crippen molar-refractivity contribution in [2.75, 3.05) is 5.32 Å². The molecule has 1 heterocycles. The van der Waals surface area contributed by atoms with Crippen molar-refractivity contribution in [2.45, 2.75) is 33.6 Å². The number of aromatic nitrogens is 1. The average molecular weight is 350 g/mol. The van der Waals surface area contributed by atoms with E-state index in [1.165, 1.54) is 33.6 Å². The van der Waals surface area contributed by atoms with Crippen LogP contribution in [0.2, 0.25) is 0 Å². The quantitative estimate of drug-likeness (QED) is 0.678. The van der Waals surface area contributed by atoms with Crippen molar-refractivity contribution in [2.24, 2.45) is 0 Å². The second-order valence-corrected chi connectivity index (χ2v) is 7.23. The van der Waals surface area contributed by atoms with Gasteiger partial charge in [0.25, 0.3) is 0 Å². The first-order chi connectivity index (χ1) is 12.0. The summed E-state index contributed by atoms with van der Waals surface area (Å²) in [6, 6.07) is 14.6. The van der Waals surface area contributed by atoms with Crippen LogP contribution < -0.4 is 5.32 Å². The molecule has 4 heteroatoms. The predicted octanol–water partition coefficient (Wildman–Crippen LogP) is 5.31. The second-order valence-electron chi connectivity index (χ2n) is 6.37. The topological polar surface area (TPSA) is 42.0 Å². The van der Waals surface area contributed by atoms with Gasteiger partial charge in [-0.15, -0.1) is 11.3 Å². The van der Waals surface area contributed by atoms with Gasteiger partial charge in [0.2, 0.25) is 5.91 Å². The first-order valence-corrected chi connectivity index (χ1v) is 9.28. The SMILES string of the molecule is Cc1ccc(CCC(=O)Nc2nc(-c3ccc(C)c(C)c3)cs2)cc1. The highest BCUT2D eigenvalue weighted by molar-refractivity contribution is 7.14. The molecule has 0 fully saturated rings. The molecule has 0 unspecified atom stereocenters. The fourth-order valence-electron chi connectivity index (χ4n) is 2.56. The Balaban J connectivity index is 1.59. The molecule has 3 aromatic rings.